The maximum atomic E-state index is 13.3. The molecule has 0 spiro atoms. The lowest BCUT2D eigenvalue weighted by Crippen LogP contribution is -2.46. The molecule has 0 rings (SSSR count). The molecule has 0 aromatic heterocycles. The van der Waals surface area contributed by atoms with E-state index in [4.69, 9.17) is 4.74 Å². The van der Waals surface area contributed by atoms with Gasteiger partial charge in [-0.15, -0.1) is 0 Å². The van der Waals surface area contributed by atoms with E-state index in [1.54, 1.807) is 0 Å². The molecule has 0 saturated carbocycles. The lowest BCUT2D eigenvalue weighted by molar-refractivity contribution is -0.151. The fraction of sp³-hybridized carbons (Fsp3) is 0.933. The van der Waals surface area contributed by atoms with Crippen LogP contribution in [0.3, 0.4) is 0 Å². The van der Waals surface area contributed by atoms with E-state index < -0.39 is 18.2 Å². The van der Waals surface area contributed by atoms with Gasteiger partial charge in [-0.25, -0.2) is 0 Å². The van der Waals surface area contributed by atoms with E-state index in [9.17, 15) is 19.8 Å². The van der Waals surface area contributed by atoms with Crippen LogP contribution in [0.25, 0.3) is 0 Å². The highest BCUT2D eigenvalue weighted by atomic mass is 16.5. The van der Waals surface area contributed by atoms with Gasteiger partial charge in [-0.3, -0.25) is 9.59 Å². The zero-order valence-corrected chi connectivity index (χ0v) is 44.9. The first-order valence-corrected chi connectivity index (χ1v) is 29.9. The maximum absolute atomic E-state index is 13.3. The number of esters is 1. The van der Waals surface area contributed by atoms with Crippen molar-refractivity contribution in [2.24, 2.45) is 0 Å². The third kappa shape index (κ3) is 49.0. The minimum Gasteiger partial charge on any atom is -0.462 e. The van der Waals surface area contributed by atoms with Crippen LogP contribution in [0.4, 0.5) is 0 Å². The summed E-state index contributed by atoms with van der Waals surface area (Å²) in [7, 11) is 0. The monoisotopic (exact) mass is 932 g/mol. The third-order valence-corrected chi connectivity index (χ3v) is 14.1. The first kappa shape index (κ1) is 64.6. The molecule has 3 unspecified atom stereocenters. The fourth-order valence-corrected chi connectivity index (χ4v) is 9.55. The maximum Gasteiger partial charge on any atom is 0.306 e. The third-order valence-electron chi connectivity index (χ3n) is 14.1. The van der Waals surface area contributed by atoms with Gasteiger partial charge in [-0.1, -0.05) is 290 Å². The highest BCUT2D eigenvalue weighted by Crippen LogP contribution is 2.19. The van der Waals surface area contributed by atoms with Crippen molar-refractivity contribution in [3.8, 4) is 0 Å². The summed E-state index contributed by atoms with van der Waals surface area (Å²) in [5.41, 5.74) is 0. The van der Waals surface area contributed by atoms with Gasteiger partial charge in [-0.2, -0.15) is 0 Å². The number of nitrogens with one attached hydrogen (secondary N) is 1. The molecule has 66 heavy (non-hydrogen) atoms. The summed E-state index contributed by atoms with van der Waals surface area (Å²) in [5, 5.41) is 23.9. The van der Waals surface area contributed by atoms with Gasteiger partial charge < -0.3 is 20.3 Å². The number of aliphatic hydroxyl groups excluding tert-OH is 2. The first-order chi connectivity index (χ1) is 32.5. The predicted octanol–water partition coefficient (Wildman–Crippen LogP) is 18.5. The lowest BCUT2D eigenvalue weighted by atomic mass is 10.0. The summed E-state index contributed by atoms with van der Waals surface area (Å²) >= 11 is 0. The Bertz CT molecular complexity index is 1000. The zero-order valence-electron chi connectivity index (χ0n) is 44.9. The van der Waals surface area contributed by atoms with Crippen LogP contribution in [-0.2, 0) is 14.3 Å². The molecule has 392 valence electrons. The largest absolute Gasteiger partial charge is 0.462 e. The van der Waals surface area contributed by atoms with Crippen molar-refractivity contribution >= 4 is 11.9 Å². The first-order valence-electron chi connectivity index (χ1n) is 29.9. The van der Waals surface area contributed by atoms with Crippen molar-refractivity contribution in [1.29, 1.82) is 0 Å². The van der Waals surface area contributed by atoms with E-state index in [2.05, 4.69) is 38.2 Å². The zero-order chi connectivity index (χ0) is 48.1. The molecule has 3 atom stereocenters. The number of carbonyl (C=O) groups is 2. The van der Waals surface area contributed by atoms with Gasteiger partial charge in [0.1, 0.15) is 6.10 Å². The molecule has 6 heteroatoms. The number of rotatable bonds is 55. The molecule has 0 heterocycles. The number of unbranched alkanes of at least 4 members (excludes halogenated alkanes) is 41. The van der Waals surface area contributed by atoms with Gasteiger partial charge in [0.15, 0.2) is 0 Å². The van der Waals surface area contributed by atoms with Crippen LogP contribution in [0.5, 0.6) is 0 Å². The molecule has 0 aliphatic rings. The SMILES string of the molecule is CCCCCCCCC/C=C\CCCC(CC(=O)NC(CO)C(O)CCCCCCCCCCCCCCCCCC)OC(=O)CCCCCCCCCCCCCCCCCCCCC. The molecule has 3 N–H and O–H groups in total. The van der Waals surface area contributed by atoms with Gasteiger partial charge in [-0.05, 0) is 44.9 Å². The molecule has 0 aliphatic heterocycles. The van der Waals surface area contributed by atoms with Gasteiger partial charge in [0.05, 0.1) is 25.2 Å². The standard InChI is InChI=1S/C60H117NO5/c1-4-7-10-13-16-19-22-25-27-29-30-31-33-35-38-41-44-47-50-53-60(65)66-56(51-48-45-42-39-36-24-21-18-15-12-9-6-3)54-59(64)61-57(55-62)58(63)52-49-46-43-40-37-34-32-28-26-23-20-17-14-11-8-5-2/h39,42,56-58,62-63H,4-38,40-41,43-55H2,1-3H3,(H,61,64)/b42-39-. The van der Waals surface area contributed by atoms with Crippen LogP contribution in [0, 0.1) is 0 Å². The number of aliphatic hydroxyl groups is 2. The Kier molecular flexibility index (Phi) is 53.4. The Morgan fingerprint density at radius 3 is 1.11 bits per heavy atom. The second-order valence-corrected chi connectivity index (χ2v) is 20.8. The van der Waals surface area contributed by atoms with Crippen LogP contribution in [0.15, 0.2) is 12.2 Å². The number of amides is 1. The van der Waals surface area contributed by atoms with Crippen LogP contribution >= 0.6 is 0 Å². The predicted molar refractivity (Wildman–Crippen MR) is 287 cm³/mol. The number of hydrogen-bond acceptors (Lipinski definition) is 5. The second kappa shape index (κ2) is 54.5. The molecule has 0 saturated heterocycles. The highest BCUT2D eigenvalue weighted by Gasteiger charge is 2.24. The minimum atomic E-state index is -0.789. The van der Waals surface area contributed by atoms with Gasteiger partial charge in [0, 0.05) is 6.42 Å². The van der Waals surface area contributed by atoms with Crippen LogP contribution in [0.1, 0.15) is 335 Å². The smallest absolute Gasteiger partial charge is 0.306 e. The molecule has 0 aromatic carbocycles. The Labute approximate surface area is 412 Å². The number of hydrogen-bond donors (Lipinski definition) is 3. The van der Waals surface area contributed by atoms with E-state index in [0.29, 0.717) is 19.3 Å². The Hall–Kier alpha value is -1.40. The van der Waals surface area contributed by atoms with E-state index in [-0.39, 0.29) is 24.9 Å². The lowest BCUT2D eigenvalue weighted by Gasteiger charge is -2.24. The summed E-state index contributed by atoms with van der Waals surface area (Å²) in [5.74, 6) is -0.479. The molecule has 0 fully saturated rings. The molecular weight excluding hydrogens is 815 g/mol. The number of carbonyl (C=O) groups excluding carboxylic acids is 2. The minimum absolute atomic E-state index is 0.0644. The Morgan fingerprint density at radius 1 is 0.424 bits per heavy atom. The molecule has 6 nitrogen and oxygen atoms in total. The quantitative estimate of drug-likeness (QED) is 0.0321. The fourth-order valence-electron chi connectivity index (χ4n) is 9.55. The van der Waals surface area contributed by atoms with E-state index in [1.807, 2.05) is 0 Å². The van der Waals surface area contributed by atoms with Crippen molar-refractivity contribution < 1.29 is 24.5 Å². The van der Waals surface area contributed by atoms with Crippen molar-refractivity contribution in [3.63, 3.8) is 0 Å². The molecule has 1 amide bonds. The highest BCUT2D eigenvalue weighted by molar-refractivity contribution is 5.77. The van der Waals surface area contributed by atoms with Crippen LogP contribution < -0.4 is 5.32 Å². The summed E-state index contributed by atoms with van der Waals surface area (Å²) in [6.07, 6.45) is 62.9. The molecular formula is C60H117NO5. The van der Waals surface area contributed by atoms with Crippen molar-refractivity contribution in [3.05, 3.63) is 12.2 Å². The second-order valence-electron chi connectivity index (χ2n) is 20.8. The molecule has 0 bridgehead atoms. The van der Waals surface area contributed by atoms with Crippen molar-refractivity contribution in [1.82, 2.24) is 5.32 Å². The average molecular weight is 933 g/mol. The Morgan fingerprint density at radius 2 is 0.742 bits per heavy atom. The molecule has 0 aromatic rings. The van der Waals surface area contributed by atoms with E-state index >= 15 is 0 Å². The normalized spacial score (nSPS) is 13.1. The van der Waals surface area contributed by atoms with Gasteiger partial charge >= 0.3 is 5.97 Å². The molecule has 0 radical (unpaired) electrons. The van der Waals surface area contributed by atoms with E-state index in [1.165, 1.54) is 238 Å². The van der Waals surface area contributed by atoms with Crippen molar-refractivity contribution in [2.75, 3.05) is 6.61 Å². The molecule has 0 aliphatic carbocycles. The summed E-state index contributed by atoms with van der Waals surface area (Å²) in [6, 6.07) is -0.704. The summed E-state index contributed by atoms with van der Waals surface area (Å²) < 4.78 is 5.95. The number of ether oxygens (including phenoxy) is 1. The van der Waals surface area contributed by atoms with Gasteiger partial charge in [0.2, 0.25) is 5.91 Å². The van der Waals surface area contributed by atoms with Crippen LogP contribution in [-0.4, -0.2) is 46.9 Å². The Balaban J connectivity index is 4.43. The topological polar surface area (TPSA) is 95.9 Å². The summed E-state index contributed by atoms with van der Waals surface area (Å²) in [6.45, 7) is 6.52. The number of allylic oxidation sites excluding steroid dienone is 2. The average Bonchev–Trinajstić information content (AvgIpc) is 3.31. The summed E-state index contributed by atoms with van der Waals surface area (Å²) in [4.78, 5) is 26.3. The van der Waals surface area contributed by atoms with Crippen molar-refractivity contribution in [2.45, 2.75) is 354 Å². The van der Waals surface area contributed by atoms with Crippen LogP contribution in [0.2, 0.25) is 0 Å². The van der Waals surface area contributed by atoms with Gasteiger partial charge in [0.25, 0.3) is 0 Å². The van der Waals surface area contributed by atoms with E-state index in [0.717, 1.165) is 51.4 Å².